The van der Waals surface area contributed by atoms with Crippen LogP contribution in [0.3, 0.4) is 0 Å². The number of nitrogens with zero attached hydrogens (tertiary/aromatic N) is 3. The maximum absolute atomic E-state index is 5.87. The van der Waals surface area contributed by atoms with Crippen molar-refractivity contribution < 1.29 is 0 Å². The molecule has 2 aromatic heterocycles. The van der Waals surface area contributed by atoms with Gasteiger partial charge in [0.15, 0.2) is 5.65 Å². The minimum atomic E-state index is 0.420. The summed E-state index contributed by atoms with van der Waals surface area (Å²) in [5.41, 5.74) is 2.51. The number of rotatable bonds is 1. The summed E-state index contributed by atoms with van der Waals surface area (Å²) in [5, 5.41) is 5.30. The molecule has 0 fully saturated rings. The molecule has 6 heteroatoms. The highest BCUT2D eigenvalue weighted by molar-refractivity contribution is 9.10. The molecule has 0 aliphatic carbocycles. The summed E-state index contributed by atoms with van der Waals surface area (Å²) in [6.07, 6.45) is 0. The van der Waals surface area contributed by atoms with Crippen molar-refractivity contribution in [1.82, 2.24) is 14.6 Å². The van der Waals surface area contributed by atoms with E-state index in [1.807, 2.05) is 30.3 Å². The molecule has 3 nitrogen and oxygen atoms in total. The van der Waals surface area contributed by atoms with E-state index in [0.29, 0.717) is 10.2 Å². The molecule has 0 amide bonds. The third kappa shape index (κ3) is 2.00. The largest absolute Gasteiger partial charge is 0.226 e. The number of imidazole rings is 1. The molecular formula is C12H6BrCl2N3. The standard InChI is InChI=1S/C12H6BrCl2N3/c13-12-11(7-1-3-8(14)4-2-7)16-10-6-5-9(15)17-18(10)12/h1-6H. The molecule has 3 aromatic rings. The van der Waals surface area contributed by atoms with Crippen molar-refractivity contribution in [3.05, 3.63) is 51.2 Å². The van der Waals surface area contributed by atoms with Crippen molar-refractivity contribution in [2.45, 2.75) is 0 Å². The van der Waals surface area contributed by atoms with Gasteiger partial charge in [-0.05, 0) is 40.2 Å². The predicted octanol–water partition coefficient (Wildman–Crippen LogP) is 4.47. The first-order valence-electron chi connectivity index (χ1n) is 5.12. The smallest absolute Gasteiger partial charge is 0.155 e. The Kier molecular flexibility index (Phi) is 3.01. The first-order chi connectivity index (χ1) is 8.65. The Hall–Kier alpha value is -1.10. The lowest BCUT2D eigenvalue weighted by Crippen LogP contribution is -1.90. The maximum Gasteiger partial charge on any atom is 0.155 e. The predicted molar refractivity (Wildman–Crippen MR) is 76.1 cm³/mol. The Morgan fingerprint density at radius 2 is 1.72 bits per heavy atom. The quantitative estimate of drug-likeness (QED) is 0.653. The second kappa shape index (κ2) is 4.53. The molecule has 0 radical (unpaired) electrons. The van der Waals surface area contributed by atoms with E-state index in [-0.39, 0.29) is 0 Å². The molecule has 0 aliphatic heterocycles. The van der Waals surface area contributed by atoms with Crippen molar-refractivity contribution in [3.8, 4) is 11.3 Å². The highest BCUT2D eigenvalue weighted by Gasteiger charge is 2.12. The lowest BCUT2D eigenvalue weighted by Gasteiger charge is -1.98. The van der Waals surface area contributed by atoms with Crippen molar-refractivity contribution in [3.63, 3.8) is 0 Å². The summed E-state index contributed by atoms with van der Waals surface area (Å²) >= 11 is 15.2. The number of fused-ring (bicyclic) bond motifs is 1. The zero-order chi connectivity index (χ0) is 12.7. The molecule has 2 heterocycles. The van der Waals surface area contributed by atoms with Gasteiger partial charge in [0, 0.05) is 10.6 Å². The highest BCUT2D eigenvalue weighted by Crippen LogP contribution is 2.29. The number of benzene rings is 1. The van der Waals surface area contributed by atoms with Crippen LogP contribution < -0.4 is 0 Å². The molecule has 0 aliphatic rings. The maximum atomic E-state index is 5.87. The van der Waals surface area contributed by atoms with Gasteiger partial charge in [0.1, 0.15) is 15.5 Å². The third-order valence-corrected chi connectivity index (χ3v) is 3.67. The summed E-state index contributed by atoms with van der Waals surface area (Å²) < 4.78 is 2.43. The first kappa shape index (κ1) is 12.0. The summed E-state index contributed by atoms with van der Waals surface area (Å²) in [7, 11) is 0. The fraction of sp³-hybridized carbons (Fsp3) is 0. The van der Waals surface area contributed by atoms with Crippen LogP contribution in [0.1, 0.15) is 0 Å². The van der Waals surface area contributed by atoms with Gasteiger partial charge in [0.2, 0.25) is 0 Å². The van der Waals surface area contributed by atoms with Gasteiger partial charge < -0.3 is 0 Å². The molecule has 0 bridgehead atoms. The molecule has 90 valence electrons. The average molecular weight is 343 g/mol. The first-order valence-corrected chi connectivity index (χ1v) is 6.67. The summed E-state index contributed by atoms with van der Waals surface area (Å²) in [4.78, 5) is 4.51. The molecule has 18 heavy (non-hydrogen) atoms. The Labute approximate surface area is 121 Å². The van der Waals surface area contributed by atoms with E-state index in [4.69, 9.17) is 23.2 Å². The summed E-state index contributed by atoms with van der Waals surface area (Å²) in [6, 6.07) is 11.0. The van der Waals surface area contributed by atoms with Crippen LogP contribution in [0.4, 0.5) is 0 Å². The lowest BCUT2D eigenvalue weighted by atomic mass is 10.2. The van der Waals surface area contributed by atoms with Gasteiger partial charge in [0.05, 0.1) is 0 Å². The molecule has 0 atom stereocenters. The van der Waals surface area contributed by atoms with Gasteiger partial charge >= 0.3 is 0 Å². The van der Waals surface area contributed by atoms with E-state index in [0.717, 1.165) is 21.5 Å². The fourth-order valence-corrected chi connectivity index (χ4v) is 2.52. The van der Waals surface area contributed by atoms with Crippen LogP contribution in [-0.2, 0) is 0 Å². The zero-order valence-corrected chi connectivity index (χ0v) is 12.0. The highest BCUT2D eigenvalue weighted by atomic mass is 79.9. The third-order valence-electron chi connectivity index (χ3n) is 2.51. The van der Waals surface area contributed by atoms with Crippen molar-refractivity contribution in [2.75, 3.05) is 0 Å². The van der Waals surface area contributed by atoms with Gasteiger partial charge in [-0.1, -0.05) is 35.3 Å². The van der Waals surface area contributed by atoms with Crippen LogP contribution >= 0.6 is 39.1 Å². The number of aromatic nitrogens is 3. The zero-order valence-electron chi connectivity index (χ0n) is 8.94. The molecule has 0 N–H and O–H groups in total. The number of hydrogen-bond donors (Lipinski definition) is 0. The van der Waals surface area contributed by atoms with Crippen molar-refractivity contribution in [2.24, 2.45) is 0 Å². The molecule has 1 aromatic carbocycles. The minimum absolute atomic E-state index is 0.420. The van der Waals surface area contributed by atoms with E-state index in [9.17, 15) is 0 Å². The van der Waals surface area contributed by atoms with E-state index in [1.54, 1.807) is 10.6 Å². The second-order valence-electron chi connectivity index (χ2n) is 3.68. The van der Waals surface area contributed by atoms with E-state index in [1.165, 1.54) is 0 Å². The molecule has 0 saturated heterocycles. The molecule has 0 saturated carbocycles. The van der Waals surface area contributed by atoms with Crippen LogP contribution in [0, 0.1) is 0 Å². The van der Waals surface area contributed by atoms with Gasteiger partial charge in [-0.25, -0.2) is 9.50 Å². The Morgan fingerprint density at radius 3 is 2.44 bits per heavy atom. The Bertz CT molecular complexity index is 722. The van der Waals surface area contributed by atoms with E-state index in [2.05, 4.69) is 26.0 Å². The van der Waals surface area contributed by atoms with Crippen LogP contribution in [0.25, 0.3) is 16.9 Å². The fourth-order valence-electron chi connectivity index (χ4n) is 1.68. The molecular weight excluding hydrogens is 337 g/mol. The van der Waals surface area contributed by atoms with Crippen LogP contribution in [-0.4, -0.2) is 14.6 Å². The number of halogens is 3. The lowest BCUT2D eigenvalue weighted by molar-refractivity contribution is 0.917. The Morgan fingerprint density at radius 1 is 1.00 bits per heavy atom. The summed E-state index contributed by atoms with van der Waals surface area (Å²) in [5.74, 6) is 0. The number of hydrogen-bond acceptors (Lipinski definition) is 2. The molecule has 0 unspecified atom stereocenters. The van der Waals surface area contributed by atoms with Gasteiger partial charge in [-0.2, -0.15) is 5.10 Å². The normalized spacial score (nSPS) is 11.1. The van der Waals surface area contributed by atoms with Crippen LogP contribution in [0.2, 0.25) is 10.2 Å². The Balaban J connectivity index is 2.23. The van der Waals surface area contributed by atoms with E-state index >= 15 is 0 Å². The van der Waals surface area contributed by atoms with Crippen molar-refractivity contribution in [1.29, 1.82) is 0 Å². The van der Waals surface area contributed by atoms with Crippen LogP contribution in [0.5, 0.6) is 0 Å². The topological polar surface area (TPSA) is 30.2 Å². The van der Waals surface area contributed by atoms with Crippen molar-refractivity contribution >= 4 is 44.8 Å². The SMILES string of the molecule is Clc1ccc(-c2nc3ccc(Cl)nn3c2Br)cc1. The van der Waals surface area contributed by atoms with E-state index < -0.39 is 0 Å². The summed E-state index contributed by atoms with van der Waals surface area (Å²) in [6.45, 7) is 0. The minimum Gasteiger partial charge on any atom is -0.226 e. The second-order valence-corrected chi connectivity index (χ2v) is 5.26. The van der Waals surface area contributed by atoms with Crippen LogP contribution in [0.15, 0.2) is 41.0 Å². The van der Waals surface area contributed by atoms with Gasteiger partial charge in [-0.15, -0.1) is 0 Å². The average Bonchev–Trinajstić information content (AvgIpc) is 2.68. The monoisotopic (exact) mass is 341 g/mol. The van der Waals surface area contributed by atoms with Gasteiger partial charge in [0.25, 0.3) is 0 Å². The van der Waals surface area contributed by atoms with Gasteiger partial charge in [-0.3, -0.25) is 0 Å². The molecule has 0 spiro atoms. The molecule has 3 rings (SSSR count).